The summed E-state index contributed by atoms with van der Waals surface area (Å²) in [5.74, 6) is -3.15. The summed E-state index contributed by atoms with van der Waals surface area (Å²) in [5, 5.41) is 19.4. The second-order valence-corrected chi connectivity index (χ2v) is 3.55. The van der Waals surface area contributed by atoms with Crippen LogP contribution < -0.4 is 10.1 Å². The van der Waals surface area contributed by atoms with Crippen molar-refractivity contribution < 1.29 is 29.3 Å². The van der Waals surface area contributed by atoms with Gasteiger partial charge in [0.2, 0.25) is 5.88 Å². The molecule has 8 nitrogen and oxygen atoms in total. The molecule has 0 aliphatic rings. The Morgan fingerprint density at radius 1 is 1.37 bits per heavy atom. The molecule has 0 saturated carbocycles. The van der Waals surface area contributed by atoms with Gasteiger partial charge in [-0.1, -0.05) is 0 Å². The van der Waals surface area contributed by atoms with E-state index in [1.165, 1.54) is 25.4 Å². The van der Waals surface area contributed by atoms with Crippen molar-refractivity contribution in [2.45, 2.75) is 12.5 Å². The van der Waals surface area contributed by atoms with Crippen LogP contribution in [0.4, 0.5) is 0 Å². The Morgan fingerprint density at radius 3 is 2.47 bits per heavy atom. The zero-order valence-corrected chi connectivity index (χ0v) is 9.99. The van der Waals surface area contributed by atoms with Crippen molar-refractivity contribution in [3.8, 4) is 5.88 Å². The normalized spacial score (nSPS) is 11.4. The van der Waals surface area contributed by atoms with Crippen LogP contribution in [0.15, 0.2) is 18.3 Å². The van der Waals surface area contributed by atoms with Crippen LogP contribution in [-0.2, 0) is 9.59 Å². The second kappa shape index (κ2) is 6.34. The maximum atomic E-state index is 11.7. The number of aromatic nitrogens is 1. The number of rotatable bonds is 6. The fraction of sp³-hybridized carbons (Fsp3) is 0.273. The zero-order valence-electron chi connectivity index (χ0n) is 9.99. The van der Waals surface area contributed by atoms with Crippen LogP contribution >= 0.6 is 0 Å². The van der Waals surface area contributed by atoms with E-state index in [1.807, 2.05) is 0 Å². The summed E-state index contributed by atoms with van der Waals surface area (Å²) < 4.78 is 4.81. The molecule has 3 N–H and O–H groups in total. The molecule has 1 aromatic heterocycles. The number of carbonyl (C=O) groups is 3. The SMILES string of the molecule is COc1ccc(C(=O)N[C@H](CC(=O)O)C(=O)O)cn1. The number of pyridine rings is 1. The topological polar surface area (TPSA) is 126 Å². The molecule has 102 valence electrons. The van der Waals surface area contributed by atoms with Gasteiger partial charge in [-0.25, -0.2) is 9.78 Å². The third-order valence-corrected chi connectivity index (χ3v) is 2.19. The van der Waals surface area contributed by atoms with Gasteiger partial charge in [-0.15, -0.1) is 0 Å². The van der Waals surface area contributed by atoms with E-state index in [1.54, 1.807) is 0 Å². The van der Waals surface area contributed by atoms with E-state index in [9.17, 15) is 14.4 Å². The number of nitrogens with one attached hydrogen (secondary N) is 1. The highest BCUT2D eigenvalue weighted by Gasteiger charge is 2.23. The number of carboxylic acids is 2. The largest absolute Gasteiger partial charge is 0.481 e. The minimum Gasteiger partial charge on any atom is -0.481 e. The third-order valence-electron chi connectivity index (χ3n) is 2.19. The first-order valence-corrected chi connectivity index (χ1v) is 5.19. The molecule has 8 heteroatoms. The molecular formula is C11H12N2O6. The van der Waals surface area contributed by atoms with Crippen LogP contribution in [-0.4, -0.2) is 46.2 Å². The van der Waals surface area contributed by atoms with Gasteiger partial charge in [0.15, 0.2) is 0 Å². The van der Waals surface area contributed by atoms with Gasteiger partial charge in [0.1, 0.15) is 6.04 Å². The second-order valence-electron chi connectivity index (χ2n) is 3.55. The van der Waals surface area contributed by atoms with Crippen LogP contribution in [0.1, 0.15) is 16.8 Å². The van der Waals surface area contributed by atoms with E-state index < -0.39 is 30.3 Å². The number of hydrogen-bond donors (Lipinski definition) is 3. The van der Waals surface area contributed by atoms with Crippen LogP contribution in [0, 0.1) is 0 Å². The smallest absolute Gasteiger partial charge is 0.326 e. The van der Waals surface area contributed by atoms with Crippen molar-refractivity contribution >= 4 is 17.8 Å². The average molecular weight is 268 g/mol. The molecule has 1 amide bonds. The van der Waals surface area contributed by atoms with E-state index in [0.29, 0.717) is 5.88 Å². The van der Waals surface area contributed by atoms with Gasteiger partial charge >= 0.3 is 11.9 Å². The first kappa shape index (κ1) is 14.4. The van der Waals surface area contributed by atoms with E-state index in [2.05, 4.69) is 10.3 Å². The number of carboxylic acid groups (broad SMARTS) is 2. The van der Waals surface area contributed by atoms with Gasteiger partial charge in [0.25, 0.3) is 5.91 Å². The molecule has 0 saturated heterocycles. The molecule has 1 heterocycles. The summed E-state index contributed by atoms with van der Waals surface area (Å²) in [6, 6.07) is 1.33. The predicted molar refractivity (Wildman–Crippen MR) is 61.9 cm³/mol. The quantitative estimate of drug-likeness (QED) is 0.649. The number of ether oxygens (including phenoxy) is 1. The fourth-order valence-corrected chi connectivity index (χ4v) is 1.25. The van der Waals surface area contributed by atoms with Crippen molar-refractivity contribution in [2.24, 2.45) is 0 Å². The highest BCUT2D eigenvalue weighted by Crippen LogP contribution is 2.07. The van der Waals surface area contributed by atoms with E-state index in [4.69, 9.17) is 14.9 Å². The Morgan fingerprint density at radius 2 is 2.05 bits per heavy atom. The van der Waals surface area contributed by atoms with E-state index >= 15 is 0 Å². The highest BCUT2D eigenvalue weighted by molar-refractivity contribution is 5.97. The van der Waals surface area contributed by atoms with Gasteiger partial charge in [-0.2, -0.15) is 0 Å². The number of carbonyl (C=O) groups excluding carboxylic acids is 1. The van der Waals surface area contributed by atoms with Gasteiger partial charge in [0.05, 0.1) is 19.1 Å². The lowest BCUT2D eigenvalue weighted by molar-refractivity contribution is -0.145. The maximum absolute atomic E-state index is 11.7. The molecule has 1 rings (SSSR count). The van der Waals surface area contributed by atoms with Gasteiger partial charge in [-0.05, 0) is 6.07 Å². The average Bonchev–Trinajstić information content (AvgIpc) is 2.37. The number of nitrogens with zero attached hydrogens (tertiary/aromatic N) is 1. The first-order valence-electron chi connectivity index (χ1n) is 5.19. The summed E-state index contributed by atoms with van der Waals surface area (Å²) in [6.45, 7) is 0. The van der Waals surface area contributed by atoms with Crippen molar-refractivity contribution in [3.63, 3.8) is 0 Å². The minimum absolute atomic E-state index is 0.109. The lowest BCUT2D eigenvalue weighted by Crippen LogP contribution is -2.42. The van der Waals surface area contributed by atoms with Crippen molar-refractivity contribution in [1.82, 2.24) is 10.3 Å². The number of aliphatic carboxylic acids is 2. The number of hydrogen-bond acceptors (Lipinski definition) is 5. The standard InChI is InChI=1S/C11H12N2O6/c1-19-8-3-2-6(5-12-8)10(16)13-7(11(17)18)4-9(14)15/h2-3,5,7H,4H2,1H3,(H,13,16)(H,14,15)(H,17,18)/t7-/m1/s1. The molecule has 0 unspecified atom stereocenters. The predicted octanol–water partition coefficient (Wildman–Crippen LogP) is -0.252. The summed E-state index contributed by atoms with van der Waals surface area (Å²) in [4.78, 5) is 36.7. The molecule has 1 aromatic rings. The molecule has 19 heavy (non-hydrogen) atoms. The molecule has 1 atom stereocenters. The van der Waals surface area contributed by atoms with E-state index in [0.717, 1.165) is 0 Å². The lowest BCUT2D eigenvalue weighted by Gasteiger charge is -2.12. The Labute approximate surface area is 108 Å². The zero-order chi connectivity index (χ0) is 14.4. The molecule has 0 fully saturated rings. The molecular weight excluding hydrogens is 256 g/mol. The Balaban J connectivity index is 2.75. The summed E-state index contributed by atoms with van der Waals surface area (Å²) >= 11 is 0. The van der Waals surface area contributed by atoms with Crippen LogP contribution in [0.2, 0.25) is 0 Å². The number of amides is 1. The Kier molecular flexibility index (Phi) is 4.81. The van der Waals surface area contributed by atoms with Crippen molar-refractivity contribution in [3.05, 3.63) is 23.9 Å². The number of methoxy groups -OCH3 is 1. The molecule has 0 radical (unpaired) electrons. The van der Waals surface area contributed by atoms with Crippen molar-refractivity contribution in [2.75, 3.05) is 7.11 Å². The molecule has 0 aromatic carbocycles. The van der Waals surface area contributed by atoms with Gasteiger partial charge in [-0.3, -0.25) is 9.59 Å². The van der Waals surface area contributed by atoms with Crippen LogP contribution in [0.5, 0.6) is 5.88 Å². The van der Waals surface area contributed by atoms with E-state index in [-0.39, 0.29) is 5.56 Å². The first-order chi connectivity index (χ1) is 8.93. The maximum Gasteiger partial charge on any atom is 0.326 e. The Hall–Kier alpha value is -2.64. The molecule has 0 bridgehead atoms. The van der Waals surface area contributed by atoms with Gasteiger partial charge < -0.3 is 20.3 Å². The summed E-state index contributed by atoms with van der Waals surface area (Å²) in [6.07, 6.45) is 0.499. The minimum atomic E-state index is -1.49. The third kappa shape index (κ3) is 4.26. The molecule has 0 spiro atoms. The lowest BCUT2D eigenvalue weighted by atomic mass is 10.2. The molecule has 0 aliphatic carbocycles. The van der Waals surface area contributed by atoms with Crippen molar-refractivity contribution in [1.29, 1.82) is 0 Å². The fourth-order valence-electron chi connectivity index (χ4n) is 1.25. The molecule has 0 aliphatic heterocycles. The summed E-state index contributed by atoms with van der Waals surface area (Å²) in [5.41, 5.74) is 0.109. The summed E-state index contributed by atoms with van der Waals surface area (Å²) in [7, 11) is 1.41. The monoisotopic (exact) mass is 268 g/mol. The van der Waals surface area contributed by atoms with Crippen LogP contribution in [0.3, 0.4) is 0 Å². The highest BCUT2D eigenvalue weighted by atomic mass is 16.5. The van der Waals surface area contributed by atoms with Crippen LogP contribution in [0.25, 0.3) is 0 Å². The Bertz CT molecular complexity index is 484. The van der Waals surface area contributed by atoms with Gasteiger partial charge in [0, 0.05) is 12.3 Å².